The predicted molar refractivity (Wildman–Crippen MR) is 193 cm³/mol. The number of ether oxygens (including phenoxy) is 3. The molecule has 262 valence electrons. The second-order valence-electron chi connectivity index (χ2n) is 14.0. The average molecular weight is 700 g/mol. The van der Waals surface area contributed by atoms with Crippen LogP contribution in [0.15, 0.2) is 42.0 Å². The monoisotopic (exact) mass is 699 g/mol. The van der Waals surface area contributed by atoms with Crippen LogP contribution in [-0.4, -0.2) is 81.3 Å². The molecule has 1 fully saturated rings. The summed E-state index contributed by atoms with van der Waals surface area (Å²) in [6.45, 7) is 13.6. The molecule has 2 aromatic carbocycles. The van der Waals surface area contributed by atoms with E-state index in [1.807, 2.05) is 24.3 Å². The van der Waals surface area contributed by atoms with Gasteiger partial charge in [-0.25, -0.2) is 4.39 Å². The molecule has 7 nitrogen and oxygen atoms in total. The van der Waals surface area contributed by atoms with Crippen LogP contribution in [0.25, 0.3) is 0 Å². The minimum Gasteiger partial charge on any atom is -0.490 e. The number of carbonyl (C=O) groups excluding carboxylic acids is 1. The normalized spacial score (nSPS) is 28.5. The maximum absolute atomic E-state index is 15.4. The van der Waals surface area contributed by atoms with E-state index in [1.54, 1.807) is 6.07 Å². The van der Waals surface area contributed by atoms with E-state index in [-0.39, 0.29) is 28.1 Å². The Labute approximate surface area is 295 Å². The number of nitrogens with one attached hydrogen (secondary N) is 1. The van der Waals surface area contributed by atoms with Crippen molar-refractivity contribution in [2.45, 2.75) is 82.5 Å². The van der Waals surface area contributed by atoms with Gasteiger partial charge < -0.3 is 19.1 Å². The lowest BCUT2D eigenvalue weighted by Gasteiger charge is -2.41. The Morgan fingerprint density at radius 2 is 2.00 bits per heavy atom. The van der Waals surface area contributed by atoms with E-state index < -0.39 is 5.41 Å². The molecule has 6 rings (SSSR count). The smallest absolute Gasteiger partial charge is 0.261 e. The Kier molecular flexibility index (Phi) is 12.0. The van der Waals surface area contributed by atoms with Crippen LogP contribution in [0.2, 0.25) is 5.02 Å². The highest BCUT2D eigenvalue weighted by molar-refractivity contribution is 7.98. The first-order valence-corrected chi connectivity index (χ1v) is 19.1. The Bertz CT molecular complexity index is 1470. The first-order chi connectivity index (χ1) is 23.3. The Morgan fingerprint density at radius 3 is 2.81 bits per heavy atom. The van der Waals surface area contributed by atoms with E-state index in [0.29, 0.717) is 43.2 Å². The molecule has 3 aliphatic heterocycles. The second kappa shape index (κ2) is 16.2. The van der Waals surface area contributed by atoms with Gasteiger partial charge in [0.2, 0.25) is 0 Å². The van der Waals surface area contributed by atoms with Gasteiger partial charge in [0, 0.05) is 49.0 Å². The first kappa shape index (κ1) is 35.5. The number of rotatable bonds is 5. The third-order valence-corrected chi connectivity index (χ3v) is 12.0. The Hall–Kier alpha value is -2.30. The van der Waals surface area contributed by atoms with Crippen molar-refractivity contribution in [3.63, 3.8) is 0 Å². The van der Waals surface area contributed by atoms with Crippen molar-refractivity contribution in [3.8, 4) is 5.75 Å². The number of amides is 1. The number of hydrogen-bond donors (Lipinski definition) is 1. The molecule has 2 bridgehead atoms. The maximum atomic E-state index is 15.4. The second-order valence-corrected chi connectivity index (χ2v) is 15.7. The van der Waals surface area contributed by atoms with Crippen molar-refractivity contribution in [3.05, 3.63) is 69.5 Å². The van der Waals surface area contributed by atoms with Gasteiger partial charge in [-0.3, -0.25) is 14.4 Å². The van der Waals surface area contributed by atoms with Crippen molar-refractivity contribution in [1.29, 1.82) is 0 Å². The van der Waals surface area contributed by atoms with Gasteiger partial charge in [0.25, 0.3) is 5.91 Å². The van der Waals surface area contributed by atoms with Gasteiger partial charge in [-0.1, -0.05) is 44.0 Å². The number of nitrogens with zero attached hydrogens (tertiary/aromatic N) is 2. The van der Waals surface area contributed by atoms with Crippen molar-refractivity contribution in [2.24, 2.45) is 5.92 Å². The van der Waals surface area contributed by atoms with Crippen LogP contribution in [0.3, 0.4) is 0 Å². The van der Waals surface area contributed by atoms with Crippen molar-refractivity contribution in [2.75, 3.05) is 64.1 Å². The summed E-state index contributed by atoms with van der Waals surface area (Å²) in [5.74, 6) is 0.650. The highest BCUT2D eigenvalue weighted by Crippen LogP contribution is 2.45. The SMILES string of the molecule is CCC1CCN2CC3(CCCc4c3ccc(Cl)c4F)COc3ccc(cc32)C(=O)NSC(C)CC/C=C(\C)C1OCCN1CCOCC1. The zero-order chi connectivity index (χ0) is 33.7. The number of anilines is 1. The zero-order valence-electron chi connectivity index (χ0n) is 28.7. The molecule has 10 heteroatoms. The van der Waals surface area contributed by atoms with Crippen molar-refractivity contribution in [1.82, 2.24) is 9.62 Å². The molecule has 4 atom stereocenters. The van der Waals surface area contributed by atoms with E-state index in [9.17, 15) is 4.79 Å². The summed E-state index contributed by atoms with van der Waals surface area (Å²) in [5.41, 5.74) is 4.11. The Morgan fingerprint density at radius 1 is 1.17 bits per heavy atom. The molecular weight excluding hydrogens is 649 g/mol. The molecule has 48 heavy (non-hydrogen) atoms. The number of allylic oxidation sites excluding steroid dienone is 1. The maximum Gasteiger partial charge on any atom is 0.261 e. The third-order valence-electron chi connectivity index (χ3n) is 10.8. The number of benzene rings is 2. The molecule has 1 amide bonds. The van der Waals surface area contributed by atoms with Crippen LogP contribution < -0.4 is 14.4 Å². The topological polar surface area (TPSA) is 63.3 Å². The van der Waals surface area contributed by atoms with Gasteiger partial charge in [0.15, 0.2) is 0 Å². The first-order valence-electron chi connectivity index (χ1n) is 17.8. The number of fused-ring (bicyclic) bond motifs is 3. The summed E-state index contributed by atoms with van der Waals surface area (Å²) in [5, 5.41) is 0.430. The molecule has 1 aliphatic carbocycles. The lowest BCUT2D eigenvalue weighted by atomic mass is 9.70. The summed E-state index contributed by atoms with van der Waals surface area (Å²) < 4.78 is 37.5. The summed E-state index contributed by atoms with van der Waals surface area (Å²) >= 11 is 7.75. The van der Waals surface area contributed by atoms with Gasteiger partial charge in [-0.2, -0.15) is 0 Å². The number of hydrogen-bond acceptors (Lipinski definition) is 7. The van der Waals surface area contributed by atoms with Gasteiger partial charge in [0.1, 0.15) is 11.6 Å². The van der Waals surface area contributed by atoms with E-state index >= 15 is 4.39 Å². The van der Waals surface area contributed by atoms with Gasteiger partial charge in [-0.15, -0.1) is 0 Å². The minimum absolute atomic E-state index is 0.0150. The van der Waals surface area contributed by atoms with Crippen LogP contribution in [0.4, 0.5) is 10.1 Å². The molecule has 0 aromatic heterocycles. The third kappa shape index (κ3) is 8.02. The van der Waals surface area contributed by atoms with Crippen LogP contribution >= 0.6 is 23.5 Å². The molecule has 4 unspecified atom stereocenters. The molecule has 1 N–H and O–H groups in total. The van der Waals surface area contributed by atoms with Crippen LogP contribution in [-0.2, 0) is 21.3 Å². The van der Waals surface area contributed by atoms with E-state index in [0.717, 1.165) is 94.9 Å². The van der Waals surface area contributed by atoms with Gasteiger partial charge in [-0.05, 0) is 104 Å². The van der Waals surface area contributed by atoms with Gasteiger partial charge in [0.05, 0.1) is 43.2 Å². The van der Waals surface area contributed by atoms with Crippen LogP contribution in [0.1, 0.15) is 80.8 Å². The summed E-state index contributed by atoms with van der Waals surface area (Å²) in [7, 11) is 0. The zero-order valence-corrected chi connectivity index (χ0v) is 30.3. The lowest BCUT2D eigenvalue weighted by molar-refractivity contribution is -0.00583. The largest absolute Gasteiger partial charge is 0.490 e. The summed E-state index contributed by atoms with van der Waals surface area (Å²) in [4.78, 5) is 18.2. The molecule has 0 radical (unpaired) electrons. The molecule has 0 saturated carbocycles. The fourth-order valence-corrected chi connectivity index (χ4v) is 8.78. The van der Waals surface area contributed by atoms with Crippen LogP contribution in [0.5, 0.6) is 5.75 Å². The van der Waals surface area contributed by atoms with Crippen LogP contribution in [0, 0.1) is 11.7 Å². The standard InChI is InChI=1S/C38H51ClFN3O4S/c1-4-28-14-16-43-24-38(15-6-9-30-31(38)11-12-32(39)35(30)40)25-47-34-13-10-29(23-33(34)43)37(44)41-48-27(3)8-5-7-26(2)36(28)46-22-19-42-17-20-45-21-18-42/h7,10-13,23,27-28,36H,4-6,8-9,14-22,24-25H2,1-3H3,(H,41,44)/b26-7+. The summed E-state index contributed by atoms with van der Waals surface area (Å²) in [6.07, 6.45) is 8.56. The predicted octanol–water partition coefficient (Wildman–Crippen LogP) is 7.59. The molecule has 1 saturated heterocycles. The van der Waals surface area contributed by atoms with E-state index in [2.05, 4.69) is 41.4 Å². The lowest BCUT2D eigenvalue weighted by Crippen LogP contribution is -2.46. The van der Waals surface area contributed by atoms with E-state index in [1.165, 1.54) is 17.5 Å². The average Bonchev–Trinajstić information content (AvgIpc) is 3.25. The Balaban J connectivity index is 1.33. The quantitative estimate of drug-likeness (QED) is 0.255. The molecule has 3 heterocycles. The number of morpholine rings is 1. The minimum atomic E-state index is -0.405. The summed E-state index contributed by atoms with van der Waals surface area (Å²) in [6, 6.07) is 9.47. The fraction of sp³-hybridized carbons (Fsp3) is 0.605. The van der Waals surface area contributed by atoms with E-state index in [4.69, 9.17) is 25.8 Å². The highest BCUT2D eigenvalue weighted by Gasteiger charge is 2.43. The van der Waals surface area contributed by atoms with Crippen molar-refractivity contribution >= 4 is 35.1 Å². The number of halogens is 2. The molecule has 1 spiro atoms. The molecule has 2 aromatic rings. The fourth-order valence-electron chi connectivity index (χ4n) is 7.92. The molecule has 4 aliphatic rings. The van der Waals surface area contributed by atoms with Crippen molar-refractivity contribution < 1.29 is 23.4 Å². The highest BCUT2D eigenvalue weighted by atomic mass is 35.5. The number of carbonyl (C=O) groups is 1. The van der Waals surface area contributed by atoms with Gasteiger partial charge >= 0.3 is 0 Å². The molecular formula is C38H51ClFN3O4S.